The van der Waals surface area contributed by atoms with Crippen LogP contribution in [0.25, 0.3) is 0 Å². The summed E-state index contributed by atoms with van der Waals surface area (Å²) < 4.78 is 0. The Hall–Kier alpha value is 0.170. The van der Waals surface area contributed by atoms with Gasteiger partial charge in [0.1, 0.15) is 0 Å². The first-order chi connectivity index (χ1) is 8.35. The molecule has 1 spiro atoms. The molecule has 4 heteroatoms. The molecule has 0 radical (unpaired) electrons. The maximum absolute atomic E-state index is 4.75. The van der Waals surface area contributed by atoms with Crippen LogP contribution in [0.1, 0.15) is 38.5 Å². The van der Waals surface area contributed by atoms with Gasteiger partial charge < -0.3 is 5.32 Å². The van der Waals surface area contributed by atoms with Crippen LogP contribution < -0.4 is 5.32 Å². The Morgan fingerprint density at radius 2 is 2.18 bits per heavy atom. The Balaban J connectivity index is 1.64. The quantitative estimate of drug-likeness (QED) is 0.777. The Kier molecular flexibility index (Phi) is 5.54. The smallest absolute Gasteiger partial charge is 0.156 e. The predicted octanol–water partition coefficient (Wildman–Crippen LogP) is 3.38. The molecular formula is C13H24N2S2. The third-order valence-corrected chi connectivity index (χ3v) is 5.79. The standard InChI is InChI=1S/C13H24N2S2/c1-16-9-5-4-8-14-12-15-10-13(11-17-12)6-2-3-7-13/h2-11H2,1H3,(H,14,15). The van der Waals surface area contributed by atoms with E-state index in [0.29, 0.717) is 5.41 Å². The average Bonchev–Trinajstić information content (AvgIpc) is 2.80. The summed E-state index contributed by atoms with van der Waals surface area (Å²) in [7, 11) is 0. The van der Waals surface area contributed by atoms with Crippen molar-refractivity contribution in [2.45, 2.75) is 38.5 Å². The summed E-state index contributed by atoms with van der Waals surface area (Å²) in [5.41, 5.74) is 0.578. The number of hydrogen-bond acceptors (Lipinski definition) is 4. The SMILES string of the molecule is CSCCCCNC1=NCC2(CCCC2)CS1. The molecule has 1 saturated carbocycles. The highest BCUT2D eigenvalue weighted by Crippen LogP contribution is 2.43. The van der Waals surface area contributed by atoms with E-state index in [1.807, 2.05) is 23.5 Å². The van der Waals surface area contributed by atoms with Crippen LogP contribution in [0.4, 0.5) is 0 Å². The number of aliphatic imine (C=N–C) groups is 1. The third kappa shape index (κ3) is 4.09. The number of rotatable bonds is 5. The predicted molar refractivity (Wildman–Crippen MR) is 81.3 cm³/mol. The molecular weight excluding hydrogens is 248 g/mol. The van der Waals surface area contributed by atoms with Gasteiger partial charge in [0, 0.05) is 18.8 Å². The summed E-state index contributed by atoms with van der Waals surface area (Å²) in [6, 6.07) is 0. The van der Waals surface area contributed by atoms with Crippen molar-refractivity contribution < 1.29 is 0 Å². The van der Waals surface area contributed by atoms with E-state index >= 15 is 0 Å². The topological polar surface area (TPSA) is 24.4 Å². The number of nitrogens with zero attached hydrogens (tertiary/aromatic N) is 1. The van der Waals surface area contributed by atoms with E-state index in [1.54, 1.807) is 0 Å². The van der Waals surface area contributed by atoms with Crippen molar-refractivity contribution in [2.24, 2.45) is 10.4 Å². The number of hydrogen-bond donors (Lipinski definition) is 1. The monoisotopic (exact) mass is 272 g/mol. The van der Waals surface area contributed by atoms with Gasteiger partial charge in [-0.2, -0.15) is 11.8 Å². The van der Waals surface area contributed by atoms with Gasteiger partial charge in [-0.05, 0) is 43.1 Å². The van der Waals surface area contributed by atoms with Crippen molar-refractivity contribution in [3.63, 3.8) is 0 Å². The summed E-state index contributed by atoms with van der Waals surface area (Å²) in [5.74, 6) is 2.58. The second-order valence-electron chi connectivity index (χ2n) is 5.24. The average molecular weight is 272 g/mol. The van der Waals surface area contributed by atoms with Crippen LogP contribution >= 0.6 is 23.5 Å². The zero-order chi connectivity index (χ0) is 12.0. The van der Waals surface area contributed by atoms with Crippen LogP contribution in [-0.2, 0) is 0 Å². The van der Waals surface area contributed by atoms with Gasteiger partial charge in [0.05, 0.1) is 0 Å². The molecule has 0 saturated heterocycles. The van der Waals surface area contributed by atoms with Crippen molar-refractivity contribution in [3.8, 4) is 0 Å². The molecule has 1 aliphatic heterocycles. The van der Waals surface area contributed by atoms with E-state index in [2.05, 4.69) is 11.6 Å². The third-order valence-electron chi connectivity index (χ3n) is 3.79. The minimum atomic E-state index is 0.578. The molecule has 2 rings (SSSR count). The largest absolute Gasteiger partial charge is 0.365 e. The molecule has 1 fully saturated rings. The molecule has 98 valence electrons. The number of amidine groups is 1. The molecule has 1 heterocycles. The Morgan fingerprint density at radius 1 is 1.35 bits per heavy atom. The molecule has 0 unspecified atom stereocenters. The first-order valence-electron chi connectivity index (χ1n) is 6.75. The summed E-state index contributed by atoms with van der Waals surface area (Å²) in [5, 5.41) is 4.69. The highest BCUT2D eigenvalue weighted by Gasteiger charge is 2.36. The molecule has 2 nitrogen and oxygen atoms in total. The lowest BCUT2D eigenvalue weighted by Gasteiger charge is -2.31. The van der Waals surface area contributed by atoms with Crippen molar-refractivity contribution in [2.75, 3.05) is 30.9 Å². The summed E-state index contributed by atoms with van der Waals surface area (Å²) in [6.45, 7) is 2.17. The van der Waals surface area contributed by atoms with E-state index < -0.39 is 0 Å². The molecule has 0 aromatic rings. The molecule has 0 amide bonds. The van der Waals surface area contributed by atoms with Crippen LogP contribution in [0.5, 0.6) is 0 Å². The van der Waals surface area contributed by atoms with Crippen molar-refractivity contribution >= 4 is 28.7 Å². The van der Waals surface area contributed by atoms with E-state index in [4.69, 9.17) is 4.99 Å². The fourth-order valence-corrected chi connectivity index (χ4v) is 4.33. The first-order valence-corrected chi connectivity index (χ1v) is 9.13. The number of thioether (sulfide) groups is 2. The molecule has 0 aromatic carbocycles. The number of unbranched alkanes of at least 4 members (excludes halogenated alkanes) is 1. The zero-order valence-corrected chi connectivity index (χ0v) is 12.5. The van der Waals surface area contributed by atoms with Crippen molar-refractivity contribution in [1.82, 2.24) is 5.32 Å². The van der Waals surface area contributed by atoms with Crippen LogP contribution in [0.15, 0.2) is 4.99 Å². The highest BCUT2D eigenvalue weighted by molar-refractivity contribution is 8.13. The highest BCUT2D eigenvalue weighted by atomic mass is 32.2. The number of nitrogens with one attached hydrogen (secondary N) is 1. The Bertz CT molecular complexity index is 260. The van der Waals surface area contributed by atoms with Gasteiger partial charge in [0.15, 0.2) is 5.17 Å². The van der Waals surface area contributed by atoms with Gasteiger partial charge in [0.2, 0.25) is 0 Å². The lowest BCUT2D eigenvalue weighted by Crippen LogP contribution is -2.33. The molecule has 0 aromatic heterocycles. The van der Waals surface area contributed by atoms with Crippen LogP contribution in [0.3, 0.4) is 0 Å². The van der Waals surface area contributed by atoms with Crippen molar-refractivity contribution in [3.05, 3.63) is 0 Å². The van der Waals surface area contributed by atoms with Gasteiger partial charge in [-0.25, -0.2) is 0 Å². The van der Waals surface area contributed by atoms with Gasteiger partial charge >= 0.3 is 0 Å². The molecule has 1 N–H and O–H groups in total. The Morgan fingerprint density at radius 3 is 2.82 bits per heavy atom. The molecule has 0 bridgehead atoms. The second-order valence-corrected chi connectivity index (χ2v) is 7.19. The molecule has 17 heavy (non-hydrogen) atoms. The lowest BCUT2D eigenvalue weighted by atomic mass is 9.89. The van der Waals surface area contributed by atoms with Gasteiger partial charge in [-0.3, -0.25) is 4.99 Å². The zero-order valence-electron chi connectivity index (χ0n) is 10.8. The van der Waals surface area contributed by atoms with E-state index in [0.717, 1.165) is 13.1 Å². The van der Waals surface area contributed by atoms with E-state index in [9.17, 15) is 0 Å². The van der Waals surface area contributed by atoms with Crippen molar-refractivity contribution in [1.29, 1.82) is 0 Å². The van der Waals surface area contributed by atoms with Gasteiger partial charge in [0.25, 0.3) is 0 Å². The summed E-state index contributed by atoms with van der Waals surface area (Å²) in [4.78, 5) is 4.75. The van der Waals surface area contributed by atoms with E-state index in [-0.39, 0.29) is 0 Å². The summed E-state index contributed by atoms with van der Waals surface area (Å²) >= 11 is 3.89. The fraction of sp³-hybridized carbons (Fsp3) is 0.923. The van der Waals surface area contributed by atoms with Gasteiger partial charge in [-0.15, -0.1) is 0 Å². The van der Waals surface area contributed by atoms with Gasteiger partial charge in [-0.1, -0.05) is 24.6 Å². The maximum atomic E-state index is 4.75. The van der Waals surface area contributed by atoms with E-state index in [1.165, 1.54) is 55.2 Å². The van der Waals surface area contributed by atoms with Crippen LogP contribution in [0, 0.1) is 5.41 Å². The first kappa shape index (κ1) is 13.6. The second kappa shape index (κ2) is 6.93. The molecule has 2 aliphatic rings. The normalized spacial score (nSPS) is 22.8. The summed E-state index contributed by atoms with van der Waals surface area (Å²) in [6.07, 6.45) is 10.4. The Labute approximate surface area is 114 Å². The minimum absolute atomic E-state index is 0.578. The van der Waals surface area contributed by atoms with Crippen LogP contribution in [0.2, 0.25) is 0 Å². The fourth-order valence-electron chi connectivity index (χ4n) is 2.65. The maximum Gasteiger partial charge on any atom is 0.156 e. The lowest BCUT2D eigenvalue weighted by molar-refractivity contribution is 0.358. The van der Waals surface area contributed by atoms with Crippen LogP contribution in [-0.4, -0.2) is 36.0 Å². The minimum Gasteiger partial charge on any atom is -0.365 e. The molecule has 0 atom stereocenters. The molecule has 1 aliphatic carbocycles.